The molecule has 0 saturated heterocycles. The van der Waals surface area contributed by atoms with Crippen molar-refractivity contribution < 1.29 is 9.90 Å². The average molecular weight is 333 g/mol. The Labute approximate surface area is 131 Å². The van der Waals surface area contributed by atoms with E-state index in [9.17, 15) is 9.90 Å². The number of hydrogen-bond donors (Lipinski definition) is 2. The molecule has 2 aromatic rings. The molecule has 1 amide bonds. The van der Waals surface area contributed by atoms with Crippen molar-refractivity contribution in [3.8, 4) is 0 Å². The molecule has 0 bridgehead atoms. The Kier molecular flexibility index (Phi) is 4.76. The zero-order valence-corrected chi connectivity index (χ0v) is 12.6. The molecule has 0 saturated carbocycles. The van der Waals surface area contributed by atoms with E-state index in [4.69, 9.17) is 34.8 Å². The van der Waals surface area contributed by atoms with Crippen molar-refractivity contribution in [1.29, 1.82) is 0 Å². The molecule has 3 nitrogen and oxygen atoms in total. The van der Waals surface area contributed by atoms with Crippen LogP contribution >= 0.6 is 34.8 Å². The second kappa shape index (κ2) is 6.19. The van der Waals surface area contributed by atoms with Crippen molar-refractivity contribution in [3.63, 3.8) is 0 Å². The molecule has 0 fully saturated rings. The lowest BCUT2D eigenvalue weighted by molar-refractivity contribution is -0.123. The number of hydrogen-bond acceptors (Lipinski definition) is 2. The zero-order valence-electron chi connectivity index (χ0n) is 10.3. The first-order chi connectivity index (χ1) is 9.38. The van der Waals surface area contributed by atoms with E-state index in [1.165, 1.54) is 0 Å². The summed E-state index contributed by atoms with van der Waals surface area (Å²) in [5.41, 5.74) is 0.845. The molecule has 0 aromatic heterocycles. The molecule has 1 atom stereocenters. The van der Waals surface area contributed by atoms with Crippen molar-refractivity contribution in [2.75, 3.05) is 0 Å². The monoisotopic (exact) mass is 331 g/mol. The first-order valence-electron chi connectivity index (χ1n) is 5.89. The normalized spacial score (nSPS) is 13.2. The Balaban J connectivity index is 2.15. The lowest BCUT2D eigenvalue weighted by atomic mass is 10.0. The van der Waals surface area contributed by atoms with E-state index >= 15 is 0 Å². The Morgan fingerprint density at radius 1 is 1.15 bits per heavy atom. The van der Waals surface area contributed by atoms with Gasteiger partial charge in [0, 0.05) is 0 Å². The molecule has 0 radical (unpaired) electrons. The van der Waals surface area contributed by atoms with Gasteiger partial charge < -0.3 is 10.4 Å². The smallest absolute Gasteiger partial charge is 0.234 e. The number of nitrogens with one attached hydrogen (secondary N) is 1. The molecule has 2 rings (SSSR count). The number of halogens is 3. The largest absolute Gasteiger partial charge is 0.369 e. The van der Waals surface area contributed by atoms with Gasteiger partial charge in [-0.1, -0.05) is 77.3 Å². The second-order valence-electron chi connectivity index (χ2n) is 4.33. The van der Waals surface area contributed by atoms with Gasteiger partial charge in [-0.3, -0.25) is 4.79 Å². The first-order valence-corrected chi connectivity index (χ1v) is 7.02. The maximum atomic E-state index is 11.9. The summed E-state index contributed by atoms with van der Waals surface area (Å²) in [4.78, 5) is 11.9. The molecule has 6 heteroatoms. The van der Waals surface area contributed by atoms with Gasteiger partial charge in [-0.05, 0) is 16.3 Å². The molecule has 106 valence electrons. The summed E-state index contributed by atoms with van der Waals surface area (Å²) < 4.78 is -1.95. The number of benzene rings is 2. The lowest BCUT2D eigenvalue weighted by Crippen LogP contribution is -2.44. The lowest BCUT2D eigenvalue weighted by Gasteiger charge is -2.20. The van der Waals surface area contributed by atoms with E-state index in [-0.39, 0.29) is 6.42 Å². The number of fused-ring (bicyclic) bond motifs is 1. The van der Waals surface area contributed by atoms with Crippen LogP contribution in [-0.4, -0.2) is 21.0 Å². The van der Waals surface area contributed by atoms with Gasteiger partial charge in [0.2, 0.25) is 9.70 Å². The summed E-state index contributed by atoms with van der Waals surface area (Å²) in [6.07, 6.45) is -1.45. The molecule has 20 heavy (non-hydrogen) atoms. The highest BCUT2D eigenvalue weighted by Gasteiger charge is 2.32. The van der Waals surface area contributed by atoms with Gasteiger partial charge >= 0.3 is 0 Å². The summed E-state index contributed by atoms with van der Waals surface area (Å²) in [5, 5.41) is 13.8. The third-order valence-corrected chi connectivity index (χ3v) is 3.46. The highest BCUT2D eigenvalue weighted by atomic mass is 35.6. The number of carbonyl (C=O) groups excluding carboxylic acids is 1. The van der Waals surface area contributed by atoms with Crippen LogP contribution in [-0.2, 0) is 11.2 Å². The van der Waals surface area contributed by atoms with Gasteiger partial charge in [0.15, 0.2) is 6.23 Å². The van der Waals surface area contributed by atoms with Crippen LogP contribution in [0.2, 0.25) is 0 Å². The molecule has 0 aliphatic carbocycles. The van der Waals surface area contributed by atoms with Crippen LogP contribution in [0.4, 0.5) is 0 Å². The molecule has 0 unspecified atom stereocenters. The van der Waals surface area contributed by atoms with Gasteiger partial charge in [0.05, 0.1) is 6.42 Å². The van der Waals surface area contributed by atoms with Crippen LogP contribution in [0.1, 0.15) is 5.56 Å². The minimum absolute atomic E-state index is 0.0964. The first kappa shape index (κ1) is 15.4. The van der Waals surface area contributed by atoms with Gasteiger partial charge in [0.1, 0.15) is 0 Å². The molecule has 2 aromatic carbocycles. The Morgan fingerprint density at radius 2 is 1.80 bits per heavy atom. The van der Waals surface area contributed by atoms with Crippen LogP contribution in [0.3, 0.4) is 0 Å². The van der Waals surface area contributed by atoms with E-state index < -0.39 is 15.9 Å². The molecule has 0 aliphatic rings. The Hall–Kier alpha value is -1.000. The van der Waals surface area contributed by atoms with E-state index in [0.717, 1.165) is 16.3 Å². The van der Waals surface area contributed by atoms with E-state index in [0.29, 0.717) is 0 Å². The van der Waals surface area contributed by atoms with E-state index in [1.807, 2.05) is 42.5 Å². The summed E-state index contributed by atoms with van der Waals surface area (Å²) in [5.74, 6) is -0.417. The van der Waals surface area contributed by atoms with Crippen molar-refractivity contribution in [2.24, 2.45) is 0 Å². The predicted octanol–water partition coefficient (Wildman–Crippen LogP) is 3.19. The topological polar surface area (TPSA) is 49.3 Å². The summed E-state index contributed by atoms with van der Waals surface area (Å²) in [6.45, 7) is 0. The van der Waals surface area contributed by atoms with E-state index in [2.05, 4.69) is 5.32 Å². The van der Waals surface area contributed by atoms with Crippen LogP contribution in [0.25, 0.3) is 10.8 Å². The molecular weight excluding hydrogens is 321 g/mol. The maximum Gasteiger partial charge on any atom is 0.234 e. The van der Waals surface area contributed by atoms with Crippen molar-refractivity contribution in [2.45, 2.75) is 16.4 Å². The fourth-order valence-corrected chi connectivity index (χ4v) is 2.07. The minimum atomic E-state index is -1.95. The SMILES string of the molecule is O=C(Cc1cccc2ccccc12)N[C@@H](O)C(Cl)(Cl)Cl. The van der Waals surface area contributed by atoms with Crippen molar-refractivity contribution >= 4 is 51.5 Å². The van der Waals surface area contributed by atoms with Crippen LogP contribution in [0.15, 0.2) is 42.5 Å². The fraction of sp³-hybridized carbons (Fsp3) is 0.214. The summed E-state index contributed by atoms with van der Waals surface area (Å²) >= 11 is 16.5. The molecule has 0 spiro atoms. The van der Waals surface area contributed by atoms with Gasteiger partial charge in [-0.25, -0.2) is 0 Å². The van der Waals surface area contributed by atoms with Crippen LogP contribution in [0, 0.1) is 0 Å². The standard InChI is InChI=1S/C14H12Cl3NO2/c15-14(16,17)13(20)18-12(19)8-10-6-3-5-9-4-1-2-7-11(9)10/h1-7,13,20H,8H2,(H,18,19)/t13-/m0/s1. The number of carbonyl (C=O) groups is 1. The highest BCUT2D eigenvalue weighted by molar-refractivity contribution is 6.68. The zero-order chi connectivity index (χ0) is 14.8. The quantitative estimate of drug-likeness (QED) is 0.670. The second-order valence-corrected chi connectivity index (χ2v) is 6.70. The van der Waals surface area contributed by atoms with Gasteiger partial charge in [0.25, 0.3) is 0 Å². The fourth-order valence-electron chi connectivity index (χ4n) is 1.90. The Bertz CT molecular complexity index is 620. The predicted molar refractivity (Wildman–Crippen MR) is 82.1 cm³/mol. The molecule has 0 heterocycles. The number of rotatable bonds is 3. The van der Waals surface area contributed by atoms with Crippen molar-refractivity contribution in [1.82, 2.24) is 5.32 Å². The van der Waals surface area contributed by atoms with Gasteiger partial charge in [-0.15, -0.1) is 0 Å². The maximum absolute atomic E-state index is 11.9. The highest BCUT2D eigenvalue weighted by Crippen LogP contribution is 2.29. The van der Waals surface area contributed by atoms with Crippen LogP contribution in [0.5, 0.6) is 0 Å². The number of alkyl halides is 3. The number of amides is 1. The summed E-state index contributed by atoms with van der Waals surface area (Å²) in [7, 11) is 0. The van der Waals surface area contributed by atoms with E-state index in [1.54, 1.807) is 0 Å². The average Bonchev–Trinajstić information content (AvgIpc) is 2.38. The molecule has 0 aliphatic heterocycles. The number of aliphatic hydroxyl groups is 1. The molecule has 2 N–H and O–H groups in total. The van der Waals surface area contributed by atoms with Gasteiger partial charge in [-0.2, -0.15) is 0 Å². The van der Waals surface area contributed by atoms with Crippen molar-refractivity contribution in [3.05, 3.63) is 48.0 Å². The third kappa shape index (κ3) is 3.76. The van der Waals surface area contributed by atoms with Crippen LogP contribution < -0.4 is 5.32 Å². The number of aliphatic hydroxyl groups excluding tert-OH is 1. The third-order valence-electron chi connectivity index (χ3n) is 2.84. The Morgan fingerprint density at radius 3 is 2.50 bits per heavy atom. The molecular formula is C14H12Cl3NO2. The summed E-state index contributed by atoms with van der Waals surface area (Å²) in [6, 6.07) is 13.4. The minimum Gasteiger partial charge on any atom is -0.369 e.